The number of carbonyl (C=O) groups excluding carboxylic acids is 1. The Hall–Kier alpha value is -1.10. The standard InChI is InChI=1S/C11H22N2O3/c1-7(2)6-12-9(14)8(3)13-11(4,5)10(15)16/h7-8,13H,6H2,1-5H3,(H,12,14)(H,15,16). The molecular formula is C11H22N2O3. The first kappa shape index (κ1) is 14.9. The van der Waals surface area contributed by atoms with Crippen LogP contribution >= 0.6 is 0 Å². The lowest BCUT2D eigenvalue weighted by Crippen LogP contribution is -2.55. The highest BCUT2D eigenvalue weighted by atomic mass is 16.4. The van der Waals surface area contributed by atoms with Crippen LogP contribution in [0.25, 0.3) is 0 Å². The SMILES string of the molecule is CC(C)CNC(=O)C(C)NC(C)(C)C(=O)O. The van der Waals surface area contributed by atoms with Gasteiger partial charge in [0.1, 0.15) is 5.54 Å². The van der Waals surface area contributed by atoms with Crippen LogP contribution in [0.1, 0.15) is 34.6 Å². The van der Waals surface area contributed by atoms with Gasteiger partial charge in [0, 0.05) is 6.54 Å². The molecule has 0 spiro atoms. The Bertz CT molecular complexity index is 262. The molecule has 0 aromatic heterocycles. The zero-order valence-electron chi connectivity index (χ0n) is 10.6. The molecule has 3 N–H and O–H groups in total. The fourth-order valence-electron chi connectivity index (χ4n) is 1.13. The highest BCUT2D eigenvalue weighted by Gasteiger charge is 2.30. The Balaban J connectivity index is 4.20. The normalized spacial score (nSPS) is 13.6. The molecule has 0 aromatic carbocycles. The van der Waals surface area contributed by atoms with Gasteiger partial charge in [-0.25, -0.2) is 0 Å². The van der Waals surface area contributed by atoms with E-state index < -0.39 is 17.6 Å². The van der Waals surface area contributed by atoms with Crippen molar-refractivity contribution in [3.63, 3.8) is 0 Å². The Morgan fingerprint density at radius 1 is 1.25 bits per heavy atom. The van der Waals surface area contributed by atoms with Crippen molar-refractivity contribution in [2.75, 3.05) is 6.54 Å². The second-order valence-electron chi connectivity index (χ2n) is 4.94. The second-order valence-corrected chi connectivity index (χ2v) is 4.94. The Labute approximate surface area is 96.6 Å². The average Bonchev–Trinajstić information content (AvgIpc) is 2.12. The van der Waals surface area contributed by atoms with Crippen molar-refractivity contribution in [3.8, 4) is 0 Å². The minimum absolute atomic E-state index is 0.178. The summed E-state index contributed by atoms with van der Waals surface area (Å²) in [7, 11) is 0. The van der Waals surface area contributed by atoms with Gasteiger partial charge in [0.05, 0.1) is 6.04 Å². The fraction of sp³-hybridized carbons (Fsp3) is 0.818. The monoisotopic (exact) mass is 230 g/mol. The van der Waals surface area contributed by atoms with E-state index in [2.05, 4.69) is 10.6 Å². The van der Waals surface area contributed by atoms with Gasteiger partial charge in [0.2, 0.25) is 5.91 Å². The number of carbonyl (C=O) groups is 2. The lowest BCUT2D eigenvalue weighted by molar-refractivity contribution is -0.144. The van der Waals surface area contributed by atoms with E-state index in [-0.39, 0.29) is 5.91 Å². The molecule has 16 heavy (non-hydrogen) atoms. The van der Waals surface area contributed by atoms with E-state index in [0.717, 1.165) is 0 Å². The molecule has 0 saturated heterocycles. The van der Waals surface area contributed by atoms with E-state index in [1.807, 2.05) is 13.8 Å². The maximum Gasteiger partial charge on any atom is 0.323 e. The minimum atomic E-state index is -1.10. The molecule has 0 heterocycles. The summed E-state index contributed by atoms with van der Waals surface area (Å²) in [5.74, 6) is -0.775. The quantitative estimate of drug-likeness (QED) is 0.624. The predicted molar refractivity (Wildman–Crippen MR) is 62.2 cm³/mol. The first-order chi connectivity index (χ1) is 7.16. The number of nitrogens with one attached hydrogen (secondary N) is 2. The maximum atomic E-state index is 11.6. The molecule has 0 aliphatic heterocycles. The molecule has 0 fully saturated rings. The zero-order valence-corrected chi connectivity index (χ0v) is 10.6. The molecule has 0 aromatic rings. The van der Waals surface area contributed by atoms with E-state index in [9.17, 15) is 9.59 Å². The van der Waals surface area contributed by atoms with Gasteiger partial charge in [-0.3, -0.25) is 14.9 Å². The van der Waals surface area contributed by atoms with Crippen LogP contribution in [-0.2, 0) is 9.59 Å². The van der Waals surface area contributed by atoms with E-state index in [4.69, 9.17) is 5.11 Å². The second kappa shape index (κ2) is 5.84. The van der Waals surface area contributed by atoms with Crippen molar-refractivity contribution < 1.29 is 14.7 Å². The molecule has 94 valence electrons. The number of hydrogen-bond acceptors (Lipinski definition) is 3. The van der Waals surface area contributed by atoms with Crippen molar-refractivity contribution in [2.24, 2.45) is 5.92 Å². The molecule has 0 aliphatic rings. The van der Waals surface area contributed by atoms with Gasteiger partial charge in [0.25, 0.3) is 0 Å². The number of amides is 1. The van der Waals surface area contributed by atoms with E-state index in [1.165, 1.54) is 13.8 Å². The van der Waals surface area contributed by atoms with Gasteiger partial charge in [-0.15, -0.1) is 0 Å². The third-order valence-corrected chi connectivity index (χ3v) is 2.19. The molecule has 0 saturated carbocycles. The molecule has 5 nitrogen and oxygen atoms in total. The van der Waals surface area contributed by atoms with Crippen LogP contribution in [0.5, 0.6) is 0 Å². The molecule has 0 bridgehead atoms. The fourth-order valence-corrected chi connectivity index (χ4v) is 1.13. The number of hydrogen-bond donors (Lipinski definition) is 3. The van der Waals surface area contributed by atoms with Crippen LogP contribution in [0, 0.1) is 5.92 Å². The van der Waals surface area contributed by atoms with Crippen molar-refractivity contribution in [2.45, 2.75) is 46.2 Å². The number of rotatable bonds is 6. The van der Waals surface area contributed by atoms with Crippen LogP contribution in [0.15, 0.2) is 0 Å². The van der Waals surface area contributed by atoms with Crippen molar-refractivity contribution in [3.05, 3.63) is 0 Å². The van der Waals surface area contributed by atoms with Crippen LogP contribution in [0.4, 0.5) is 0 Å². The number of carboxylic acid groups (broad SMARTS) is 1. The number of carboxylic acids is 1. The molecule has 5 heteroatoms. The molecule has 1 atom stereocenters. The van der Waals surface area contributed by atoms with Gasteiger partial charge in [-0.1, -0.05) is 13.8 Å². The lowest BCUT2D eigenvalue weighted by Gasteiger charge is -2.25. The first-order valence-corrected chi connectivity index (χ1v) is 5.45. The topological polar surface area (TPSA) is 78.4 Å². The van der Waals surface area contributed by atoms with Crippen LogP contribution in [0.2, 0.25) is 0 Å². The summed E-state index contributed by atoms with van der Waals surface area (Å²) in [6.07, 6.45) is 0. The molecule has 1 unspecified atom stereocenters. The van der Waals surface area contributed by atoms with Gasteiger partial charge in [0.15, 0.2) is 0 Å². The van der Waals surface area contributed by atoms with E-state index >= 15 is 0 Å². The molecule has 0 radical (unpaired) electrons. The van der Waals surface area contributed by atoms with Crippen LogP contribution < -0.4 is 10.6 Å². The van der Waals surface area contributed by atoms with Crippen LogP contribution in [0.3, 0.4) is 0 Å². The number of aliphatic carboxylic acids is 1. The smallest absolute Gasteiger partial charge is 0.323 e. The Kier molecular flexibility index (Phi) is 5.44. The zero-order chi connectivity index (χ0) is 12.9. The molecule has 0 aliphatic carbocycles. The highest BCUT2D eigenvalue weighted by molar-refractivity contribution is 5.83. The highest BCUT2D eigenvalue weighted by Crippen LogP contribution is 2.03. The lowest BCUT2D eigenvalue weighted by atomic mass is 10.0. The predicted octanol–water partition coefficient (Wildman–Crippen LogP) is 0.600. The van der Waals surface area contributed by atoms with Gasteiger partial charge >= 0.3 is 5.97 Å². The van der Waals surface area contributed by atoms with Gasteiger partial charge in [-0.2, -0.15) is 0 Å². The third kappa shape index (κ3) is 5.11. The third-order valence-electron chi connectivity index (χ3n) is 2.19. The summed E-state index contributed by atoms with van der Waals surface area (Å²) in [6.45, 7) is 9.31. The average molecular weight is 230 g/mol. The Morgan fingerprint density at radius 2 is 1.75 bits per heavy atom. The molecule has 0 rings (SSSR count). The summed E-state index contributed by atoms with van der Waals surface area (Å²) >= 11 is 0. The summed E-state index contributed by atoms with van der Waals surface area (Å²) in [5.41, 5.74) is -1.10. The summed E-state index contributed by atoms with van der Waals surface area (Å²) < 4.78 is 0. The van der Waals surface area contributed by atoms with E-state index in [0.29, 0.717) is 12.5 Å². The van der Waals surface area contributed by atoms with Gasteiger partial charge < -0.3 is 10.4 Å². The molecular weight excluding hydrogens is 208 g/mol. The molecule has 1 amide bonds. The summed E-state index contributed by atoms with van der Waals surface area (Å²) in [6, 6.07) is -0.523. The van der Waals surface area contributed by atoms with E-state index in [1.54, 1.807) is 6.92 Å². The first-order valence-electron chi connectivity index (χ1n) is 5.45. The summed E-state index contributed by atoms with van der Waals surface area (Å²) in [4.78, 5) is 22.4. The van der Waals surface area contributed by atoms with Gasteiger partial charge in [-0.05, 0) is 26.7 Å². The minimum Gasteiger partial charge on any atom is -0.480 e. The summed E-state index contributed by atoms with van der Waals surface area (Å²) in [5, 5.41) is 14.4. The van der Waals surface area contributed by atoms with Crippen LogP contribution in [-0.4, -0.2) is 35.1 Å². The Morgan fingerprint density at radius 3 is 2.12 bits per heavy atom. The van der Waals surface area contributed by atoms with Crippen molar-refractivity contribution in [1.29, 1.82) is 0 Å². The largest absolute Gasteiger partial charge is 0.480 e. The van der Waals surface area contributed by atoms with Crippen molar-refractivity contribution >= 4 is 11.9 Å². The maximum absolute atomic E-state index is 11.6. The van der Waals surface area contributed by atoms with Crippen molar-refractivity contribution in [1.82, 2.24) is 10.6 Å².